The third-order valence-electron chi connectivity index (χ3n) is 2.33. The second kappa shape index (κ2) is 9.59. The van der Waals surface area contributed by atoms with E-state index in [0.717, 1.165) is 0 Å². The van der Waals surface area contributed by atoms with E-state index in [-0.39, 0.29) is 28.5 Å². The average Bonchev–Trinajstić information content (AvgIpc) is 2.51. The number of pyridine rings is 2. The Balaban J connectivity index is 0.000000257. The second-order valence-electron chi connectivity index (χ2n) is 4.62. The largest absolute Gasteiger partial charge is 0.470 e. The van der Waals surface area contributed by atoms with E-state index >= 15 is 0 Å². The van der Waals surface area contributed by atoms with Crippen molar-refractivity contribution in [3.63, 3.8) is 0 Å². The monoisotopic (exact) mass is 496 g/mol. The summed E-state index contributed by atoms with van der Waals surface area (Å²) in [6, 6.07) is 2.67. The Morgan fingerprint density at radius 2 is 1.52 bits per heavy atom. The van der Waals surface area contributed by atoms with Gasteiger partial charge >= 0.3 is 11.4 Å². The number of nitrogens with zero attached hydrogens (tertiary/aromatic N) is 4. The fourth-order valence-electron chi connectivity index (χ4n) is 1.40. The molecule has 0 radical (unpaired) electrons. The molecule has 2 heterocycles. The minimum atomic E-state index is -0.583. The SMILES string of the molecule is CC(C)Oc1ncc(Br)cc1[N+](=O)[O-].O=[N+]([O-])c1cc(Br)cnc1Cl. The van der Waals surface area contributed by atoms with Crippen molar-refractivity contribution >= 4 is 54.8 Å². The van der Waals surface area contributed by atoms with Gasteiger partial charge in [-0.05, 0) is 45.7 Å². The molecule has 0 spiro atoms. The van der Waals surface area contributed by atoms with Gasteiger partial charge in [0, 0.05) is 33.5 Å². The van der Waals surface area contributed by atoms with Gasteiger partial charge in [0.2, 0.25) is 5.15 Å². The molecule has 9 nitrogen and oxygen atoms in total. The summed E-state index contributed by atoms with van der Waals surface area (Å²) in [7, 11) is 0. The third kappa shape index (κ3) is 6.88. The zero-order valence-corrected chi connectivity index (χ0v) is 16.8. The lowest BCUT2D eigenvalue weighted by atomic mass is 10.4. The molecule has 134 valence electrons. The number of hydrogen-bond donors (Lipinski definition) is 0. The summed E-state index contributed by atoms with van der Waals surface area (Å²) in [5, 5.41) is 20.8. The maximum absolute atomic E-state index is 10.6. The predicted molar refractivity (Wildman–Crippen MR) is 98.0 cm³/mol. The number of hydrogen-bond acceptors (Lipinski definition) is 7. The average molecular weight is 499 g/mol. The van der Waals surface area contributed by atoms with E-state index in [1.54, 1.807) is 13.8 Å². The van der Waals surface area contributed by atoms with Crippen LogP contribution in [0.2, 0.25) is 5.15 Å². The van der Waals surface area contributed by atoms with E-state index in [1.807, 2.05) is 0 Å². The second-order valence-corrected chi connectivity index (χ2v) is 6.81. The van der Waals surface area contributed by atoms with Crippen molar-refractivity contribution in [1.29, 1.82) is 0 Å². The molecule has 0 atom stereocenters. The van der Waals surface area contributed by atoms with Gasteiger partial charge in [-0.25, -0.2) is 9.97 Å². The molecule has 0 N–H and O–H groups in total. The van der Waals surface area contributed by atoms with Crippen molar-refractivity contribution in [3.8, 4) is 5.88 Å². The molecule has 0 aromatic carbocycles. The third-order valence-corrected chi connectivity index (χ3v) is 3.49. The zero-order chi connectivity index (χ0) is 19.1. The zero-order valence-electron chi connectivity index (χ0n) is 12.9. The molecule has 12 heteroatoms. The van der Waals surface area contributed by atoms with Crippen LogP contribution in [0.3, 0.4) is 0 Å². The molecule has 0 aliphatic rings. The highest BCUT2D eigenvalue weighted by Crippen LogP contribution is 2.28. The van der Waals surface area contributed by atoms with Gasteiger partial charge in [-0.3, -0.25) is 20.2 Å². The van der Waals surface area contributed by atoms with E-state index in [0.29, 0.717) is 8.95 Å². The van der Waals surface area contributed by atoms with Gasteiger partial charge in [0.25, 0.3) is 5.88 Å². The maximum Gasteiger partial charge on any atom is 0.332 e. The van der Waals surface area contributed by atoms with Gasteiger partial charge in [0.1, 0.15) is 0 Å². The first-order chi connectivity index (χ1) is 11.6. The summed E-state index contributed by atoms with van der Waals surface area (Å²) < 4.78 is 6.28. The molecule has 0 saturated carbocycles. The number of rotatable bonds is 4. The van der Waals surface area contributed by atoms with E-state index < -0.39 is 9.85 Å². The molecule has 0 fully saturated rings. The van der Waals surface area contributed by atoms with E-state index in [2.05, 4.69) is 41.8 Å². The quantitative estimate of drug-likeness (QED) is 0.332. The summed E-state index contributed by atoms with van der Waals surface area (Å²) in [4.78, 5) is 27.2. The Kier molecular flexibility index (Phi) is 8.13. The Bertz CT molecular complexity index is 791. The first kappa shape index (κ1) is 21.2. The molecule has 0 aliphatic carbocycles. The van der Waals surface area contributed by atoms with Crippen molar-refractivity contribution in [2.75, 3.05) is 0 Å². The van der Waals surface area contributed by atoms with Crippen LogP contribution in [0.15, 0.2) is 33.5 Å². The normalized spacial score (nSPS) is 10.0. The van der Waals surface area contributed by atoms with Crippen molar-refractivity contribution in [2.45, 2.75) is 20.0 Å². The van der Waals surface area contributed by atoms with E-state index in [1.165, 1.54) is 24.5 Å². The molecule has 2 aromatic rings. The van der Waals surface area contributed by atoms with Crippen LogP contribution in [0.5, 0.6) is 5.88 Å². The van der Waals surface area contributed by atoms with Crippen LogP contribution in [0.4, 0.5) is 11.4 Å². The number of ether oxygens (including phenoxy) is 1. The first-order valence-electron chi connectivity index (χ1n) is 6.53. The van der Waals surface area contributed by atoms with Crippen molar-refractivity contribution in [2.24, 2.45) is 0 Å². The standard InChI is InChI=1S/C8H9BrN2O3.C5H2BrClN2O2/c1-5(2)14-8-7(11(12)13)3-6(9)4-10-8;6-3-1-4(9(10)11)5(7)8-2-3/h3-5H,1-2H3;1-2H. The maximum atomic E-state index is 10.6. The van der Waals surface area contributed by atoms with Gasteiger partial charge < -0.3 is 4.74 Å². The van der Waals surface area contributed by atoms with Gasteiger partial charge in [-0.2, -0.15) is 0 Å². The molecular weight excluding hydrogens is 487 g/mol. The summed E-state index contributed by atoms with van der Waals surface area (Å²) in [5.74, 6) is 0.0493. The highest BCUT2D eigenvalue weighted by Gasteiger charge is 2.18. The Labute approximate surface area is 163 Å². The molecule has 0 saturated heterocycles. The van der Waals surface area contributed by atoms with Crippen molar-refractivity contribution in [3.05, 3.63) is 58.9 Å². The number of halogens is 3. The Morgan fingerprint density at radius 1 is 1.04 bits per heavy atom. The molecule has 0 amide bonds. The fourth-order valence-corrected chi connectivity index (χ4v) is 2.21. The molecule has 0 bridgehead atoms. The highest BCUT2D eigenvalue weighted by molar-refractivity contribution is 9.10. The molecule has 2 rings (SSSR count). The molecule has 25 heavy (non-hydrogen) atoms. The molecule has 2 aromatic heterocycles. The summed E-state index contributed by atoms with van der Waals surface area (Å²) in [6.07, 6.45) is 2.72. The smallest absolute Gasteiger partial charge is 0.332 e. The molecule has 0 aliphatic heterocycles. The lowest BCUT2D eigenvalue weighted by Crippen LogP contribution is -2.08. The highest BCUT2D eigenvalue weighted by atomic mass is 79.9. The lowest BCUT2D eigenvalue weighted by molar-refractivity contribution is -0.386. The molecular formula is C13H11Br2ClN4O5. The van der Waals surface area contributed by atoms with E-state index in [4.69, 9.17) is 16.3 Å². The Hall–Kier alpha value is -1.85. The van der Waals surface area contributed by atoms with Crippen LogP contribution >= 0.6 is 43.5 Å². The van der Waals surface area contributed by atoms with Gasteiger partial charge in [0.15, 0.2) is 0 Å². The van der Waals surface area contributed by atoms with Crippen LogP contribution < -0.4 is 4.74 Å². The summed E-state index contributed by atoms with van der Waals surface area (Å²) in [5.41, 5.74) is -0.325. The minimum Gasteiger partial charge on any atom is -0.470 e. The fraction of sp³-hybridized carbons (Fsp3) is 0.231. The van der Waals surface area contributed by atoms with E-state index in [9.17, 15) is 20.2 Å². The predicted octanol–water partition coefficient (Wildman–Crippen LogP) is 4.95. The van der Waals surface area contributed by atoms with Crippen molar-refractivity contribution in [1.82, 2.24) is 9.97 Å². The summed E-state index contributed by atoms with van der Waals surface area (Å²) in [6.45, 7) is 3.57. The first-order valence-corrected chi connectivity index (χ1v) is 8.50. The summed E-state index contributed by atoms with van der Waals surface area (Å²) >= 11 is 11.6. The number of aromatic nitrogens is 2. The van der Waals surface area contributed by atoms with Crippen LogP contribution in [-0.2, 0) is 0 Å². The van der Waals surface area contributed by atoms with Crippen LogP contribution in [-0.4, -0.2) is 25.9 Å². The minimum absolute atomic E-state index is 0.0493. The Morgan fingerprint density at radius 3 is 1.96 bits per heavy atom. The molecule has 0 unspecified atom stereocenters. The van der Waals surface area contributed by atoms with Crippen molar-refractivity contribution < 1.29 is 14.6 Å². The van der Waals surface area contributed by atoms with Gasteiger partial charge in [-0.1, -0.05) is 11.6 Å². The van der Waals surface area contributed by atoms with Crippen LogP contribution in [0.1, 0.15) is 13.8 Å². The van der Waals surface area contributed by atoms with Crippen LogP contribution in [0, 0.1) is 20.2 Å². The van der Waals surface area contributed by atoms with Gasteiger partial charge in [-0.15, -0.1) is 0 Å². The van der Waals surface area contributed by atoms with Gasteiger partial charge in [0.05, 0.1) is 16.0 Å². The van der Waals surface area contributed by atoms with Crippen LogP contribution in [0.25, 0.3) is 0 Å². The topological polar surface area (TPSA) is 121 Å². The number of nitro groups is 2. The lowest BCUT2D eigenvalue weighted by Gasteiger charge is -2.08.